The molecule has 1 heterocycles. The maximum absolute atomic E-state index is 12.2. The van der Waals surface area contributed by atoms with Crippen molar-refractivity contribution in [3.63, 3.8) is 0 Å². The lowest BCUT2D eigenvalue weighted by molar-refractivity contribution is -0.128. The SMILES string of the molecule is CC(=O)N(C)Cc1ccccc1NC(=O)Cn1ccccc1=O. The van der Waals surface area contributed by atoms with Crippen molar-refractivity contribution in [1.29, 1.82) is 0 Å². The second kappa shape index (κ2) is 7.40. The third kappa shape index (κ3) is 4.54. The summed E-state index contributed by atoms with van der Waals surface area (Å²) in [6.45, 7) is 1.83. The van der Waals surface area contributed by atoms with E-state index in [1.807, 2.05) is 18.2 Å². The number of rotatable bonds is 5. The van der Waals surface area contributed by atoms with Crippen molar-refractivity contribution in [3.05, 3.63) is 64.6 Å². The molecule has 1 aromatic carbocycles. The Morgan fingerprint density at radius 3 is 2.52 bits per heavy atom. The van der Waals surface area contributed by atoms with Crippen LogP contribution in [0.15, 0.2) is 53.5 Å². The molecule has 120 valence electrons. The summed E-state index contributed by atoms with van der Waals surface area (Å²) in [5, 5.41) is 2.79. The fraction of sp³-hybridized carbons (Fsp3) is 0.235. The number of carbonyl (C=O) groups is 2. The number of anilines is 1. The van der Waals surface area contributed by atoms with Crippen LogP contribution in [0.3, 0.4) is 0 Å². The molecule has 0 unspecified atom stereocenters. The van der Waals surface area contributed by atoms with Gasteiger partial charge in [-0.05, 0) is 17.7 Å². The third-order valence-electron chi connectivity index (χ3n) is 3.45. The first-order chi connectivity index (χ1) is 11.0. The van der Waals surface area contributed by atoms with Crippen molar-refractivity contribution in [2.24, 2.45) is 0 Å². The standard InChI is InChI=1S/C17H19N3O3/c1-13(21)19(2)11-14-7-3-4-8-15(14)18-16(22)12-20-10-6-5-9-17(20)23/h3-10H,11-12H2,1-2H3,(H,18,22). The summed E-state index contributed by atoms with van der Waals surface area (Å²) in [6.07, 6.45) is 1.57. The van der Waals surface area contributed by atoms with Crippen LogP contribution in [-0.2, 0) is 22.7 Å². The monoisotopic (exact) mass is 313 g/mol. The van der Waals surface area contributed by atoms with Gasteiger partial charge in [0.2, 0.25) is 11.8 Å². The quantitative estimate of drug-likeness (QED) is 0.908. The predicted molar refractivity (Wildman–Crippen MR) is 87.9 cm³/mol. The van der Waals surface area contributed by atoms with Crippen molar-refractivity contribution in [3.8, 4) is 0 Å². The zero-order valence-corrected chi connectivity index (χ0v) is 13.2. The molecule has 1 aromatic heterocycles. The highest BCUT2D eigenvalue weighted by atomic mass is 16.2. The van der Waals surface area contributed by atoms with Crippen molar-refractivity contribution in [2.75, 3.05) is 12.4 Å². The van der Waals surface area contributed by atoms with Crippen molar-refractivity contribution < 1.29 is 9.59 Å². The van der Waals surface area contributed by atoms with Gasteiger partial charge in [-0.1, -0.05) is 24.3 Å². The molecule has 6 nitrogen and oxygen atoms in total. The number of aromatic nitrogens is 1. The van der Waals surface area contributed by atoms with E-state index >= 15 is 0 Å². The summed E-state index contributed by atoms with van der Waals surface area (Å²) in [5.41, 5.74) is 1.24. The van der Waals surface area contributed by atoms with Gasteiger partial charge in [-0.2, -0.15) is 0 Å². The highest BCUT2D eigenvalue weighted by Gasteiger charge is 2.10. The van der Waals surface area contributed by atoms with Crippen molar-refractivity contribution in [2.45, 2.75) is 20.0 Å². The summed E-state index contributed by atoms with van der Waals surface area (Å²) >= 11 is 0. The summed E-state index contributed by atoms with van der Waals surface area (Å²) in [5.74, 6) is -0.349. The molecule has 1 N–H and O–H groups in total. The van der Waals surface area contributed by atoms with E-state index < -0.39 is 0 Å². The molecule has 0 radical (unpaired) electrons. The first-order valence-electron chi connectivity index (χ1n) is 7.22. The molecule has 0 spiro atoms. The number of para-hydroxylation sites is 1. The van der Waals surface area contributed by atoms with Crippen LogP contribution in [0.1, 0.15) is 12.5 Å². The van der Waals surface area contributed by atoms with E-state index in [4.69, 9.17) is 0 Å². The highest BCUT2D eigenvalue weighted by Crippen LogP contribution is 2.16. The Morgan fingerprint density at radius 2 is 1.83 bits per heavy atom. The number of carbonyl (C=O) groups excluding carboxylic acids is 2. The average Bonchev–Trinajstić information content (AvgIpc) is 2.51. The van der Waals surface area contributed by atoms with Gasteiger partial charge in [0.05, 0.1) is 0 Å². The van der Waals surface area contributed by atoms with Crippen LogP contribution in [0.25, 0.3) is 0 Å². The summed E-state index contributed by atoms with van der Waals surface area (Å²) in [4.78, 5) is 36.7. The van der Waals surface area contributed by atoms with E-state index in [9.17, 15) is 14.4 Å². The largest absolute Gasteiger partial charge is 0.342 e. The molecule has 0 aliphatic rings. The number of amides is 2. The van der Waals surface area contributed by atoms with E-state index in [0.717, 1.165) is 5.56 Å². The Kier molecular flexibility index (Phi) is 5.30. The van der Waals surface area contributed by atoms with Gasteiger partial charge in [0.15, 0.2) is 0 Å². The maximum Gasteiger partial charge on any atom is 0.250 e. The Labute approximate surface area is 134 Å². The number of hydrogen-bond donors (Lipinski definition) is 1. The molecule has 0 bridgehead atoms. The predicted octanol–water partition coefficient (Wildman–Crippen LogP) is 1.47. The molecule has 0 saturated carbocycles. The van der Waals surface area contributed by atoms with Crippen LogP contribution >= 0.6 is 0 Å². The number of pyridine rings is 1. The van der Waals surface area contributed by atoms with Crippen LogP contribution in [0.4, 0.5) is 5.69 Å². The van der Waals surface area contributed by atoms with Crippen LogP contribution < -0.4 is 10.9 Å². The number of nitrogens with one attached hydrogen (secondary N) is 1. The Bertz CT molecular complexity index is 767. The molecule has 6 heteroatoms. The van der Waals surface area contributed by atoms with Crippen molar-refractivity contribution in [1.82, 2.24) is 9.47 Å². The minimum Gasteiger partial charge on any atom is -0.342 e. The second-order valence-electron chi connectivity index (χ2n) is 5.25. The van der Waals surface area contributed by atoms with E-state index in [1.165, 1.54) is 17.6 Å². The first kappa shape index (κ1) is 16.5. The molecule has 0 aliphatic heterocycles. The van der Waals surface area contributed by atoms with Crippen LogP contribution in [-0.4, -0.2) is 28.3 Å². The molecule has 23 heavy (non-hydrogen) atoms. The third-order valence-corrected chi connectivity index (χ3v) is 3.45. The lowest BCUT2D eigenvalue weighted by atomic mass is 10.1. The Hall–Kier alpha value is -2.89. The van der Waals surface area contributed by atoms with Crippen LogP contribution in [0.5, 0.6) is 0 Å². The zero-order chi connectivity index (χ0) is 16.8. The van der Waals surface area contributed by atoms with Gasteiger partial charge in [-0.3, -0.25) is 14.4 Å². The van der Waals surface area contributed by atoms with Gasteiger partial charge in [0.25, 0.3) is 5.56 Å². The van der Waals surface area contributed by atoms with E-state index in [2.05, 4.69) is 5.32 Å². The van der Waals surface area contributed by atoms with Gasteiger partial charge in [-0.25, -0.2) is 0 Å². The average molecular weight is 313 g/mol. The topological polar surface area (TPSA) is 71.4 Å². The molecule has 0 aliphatic carbocycles. The zero-order valence-electron chi connectivity index (χ0n) is 13.2. The Morgan fingerprint density at radius 1 is 1.13 bits per heavy atom. The molecule has 2 rings (SSSR count). The summed E-state index contributed by atoms with van der Waals surface area (Å²) in [7, 11) is 1.70. The number of nitrogens with zero attached hydrogens (tertiary/aromatic N) is 2. The van der Waals surface area contributed by atoms with Crippen molar-refractivity contribution >= 4 is 17.5 Å². The fourth-order valence-corrected chi connectivity index (χ4v) is 2.08. The molecule has 2 aromatic rings. The fourth-order valence-electron chi connectivity index (χ4n) is 2.08. The molecule has 2 amide bonds. The minimum atomic E-state index is -0.295. The Balaban J connectivity index is 2.11. The minimum absolute atomic E-state index is 0.0537. The van der Waals surface area contributed by atoms with Gasteiger partial charge in [0.1, 0.15) is 6.54 Å². The van der Waals surface area contributed by atoms with Gasteiger partial charge >= 0.3 is 0 Å². The van der Waals surface area contributed by atoms with Crippen LogP contribution in [0, 0.1) is 0 Å². The van der Waals surface area contributed by atoms with E-state index in [-0.39, 0.29) is 23.9 Å². The van der Waals surface area contributed by atoms with E-state index in [1.54, 1.807) is 36.3 Å². The molecular weight excluding hydrogens is 294 g/mol. The number of benzene rings is 1. The van der Waals surface area contributed by atoms with Gasteiger partial charge in [0, 0.05) is 38.5 Å². The molecule has 0 atom stereocenters. The summed E-state index contributed by atoms with van der Waals surface area (Å²) in [6, 6.07) is 12.0. The lowest BCUT2D eigenvalue weighted by Crippen LogP contribution is -2.27. The first-order valence-corrected chi connectivity index (χ1v) is 7.22. The smallest absolute Gasteiger partial charge is 0.250 e. The second-order valence-corrected chi connectivity index (χ2v) is 5.25. The summed E-state index contributed by atoms with van der Waals surface area (Å²) < 4.78 is 1.33. The maximum atomic E-state index is 12.2. The van der Waals surface area contributed by atoms with E-state index in [0.29, 0.717) is 12.2 Å². The highest BCUT2D eigenvalue weighted by molar-refractivity contribution is 5.91. The molecular formula is C17H19N3O3. The molecule has 0 fully saturated rings. The molecule has 0 saturated heterocycles. The van der Waals surface area contributed by atoms with Gasteiger partial charge < -0.3 is 14.8 Å². The van der Waals surface area contributed by atoms with Gasteiger partial charge in [-0.15, -0.1) is 0 Å². The van der Waals surface area contributed by atoms with Crippen LogP contribution in [0.2, 0.25) is 0 Å². The lowest BCUT2D eigenvalue weighted by Gasteiger charge is -2.18. The number of hydrogen-bond acceptors (Lipinski definition) is 3. The normalized spacial score (nSPS) is 10.2.